The van der Waals surface area contributed by atoms with Gasteiger partial charge in [0.1, 0.15) is 4.88 Å². The van der Waals surface area contributed by atoms with Crippen LogP contribution >= 0.6 is 11.3 Å². The van der Waals surface area contributed by atoms with Gasteiger partial charge in [0.2, 0.25) is 0 Å². The van der Waals surface area contributed by atoms with Gasteiger partial charge in [-0.05, 0) is 44.6 Å². The van der Waals surface area contributed by atoms with Crippen molar-refractivity contribution < 1.29 is 9.90 Å². The molecule has 0 fully saturated rings. The van der Waals surface area contributed by atoms with E-state index in [2.05, 4.69) is 37.7 Å². The lowest BCUT2D eigenvalue weighted by molar-refractivity contribution is 0.0699. The molecule has 1 rings (SSSR count). The first-order valence-electron chi connectivity index (χ1n) is 6.14. The van der Waals surface area contributed by atoms with Crippen molar-refractivity contribution in [2.45, 2.75) is 26.4 Å². The van der Waals surface area contributed by atoms with Gasteiger partial charge in [-0.25, -0.2) is 4.79 Å². The minimum absolute atomic E-state index is 0.409. The molecule has 5 heteroatoms. The van der Waals surface area contributed by atoms with E-state index in [4.69, 9.17) is 5.11 Å². The fraction of sp³-hybridized carbons (Fsp3) is 0.615. The van der Waals surface area contributed by atoms with Gasteiger partial charge < -0.3 is 10.0 Å². The van der Waals surface area contributed by atoms with Gasteiger partial charge in [0.05, 0.1) is 0 Å². The summed E-state index contributed by atoms with van der Waals surface area (Å²) in [7, 11) is 4.11. The molecule has 1 aromatic heterocycles. The lowest BCUT2D eigenvalue weighted by Gasteiger charge is -2.29. The Balaban J connectivity index is 2.73. The van der Waals surface area contributed by atoms with Crippen molar-refractivity contribution in [3.05, 3.63) is 21.9 Å². The summed E-state index contributed by atoms with van der Waals surface area (Å²) < 4.78 is 0. The third-order valence-corrected chi connectivity index (χ3v) is 3.92. The lowest BCUT2D eigenvalue weighted by Crippen LogP contribution is -2.39. The van der Waals surface area contributed by atoms with Crippen LogP contribution in [0.3, 0.4) is 0 Å². The molecular weight excluding hydrogens is 248 g/mol. The molecule has 18 heavy (non-hydrogen) atoms. The predicted octanol–water partition coefficient (Wildman–Crippen LogP) is 2.22. The molecule has 4 nitrogen and oxygen atoms in total. The Hall–Kier alpha value is -0.910. The maximum Gasteiger partial charge on any atom is 0.346 e. The number of hydrogen-bond acceptors (Lipinski definition) is 4. The quantitative estimate of drug-likeness (QED) is 0.825. The van der Waals surface area contributed by atoms with Crippen molar-refractivity contribution in [2.75, 3.05) is 27.2 Å². The van der Waals surface area contributed by atoms with Crippen molar-refractivity contribution in [2.24, 2.45) is 0 Å². The number of aromatic carboxylic acids is 1. The van der Waals surface area contributed by atoms with Gasteiger partial charge in [-0.3, -0.25) is 4.90 Å². The average Bonchev–Trinajstić information content (AvgIpc) is 2.72. The maximum absolute atomic E-state index is 11.1. The van der Waals surface area contributed by atoms with Crippen LogP contribution in [0.15, 0.2) is 11.4 Å². The van der Waals surface area contributed by atoms with Crippen LogP contribution in [0.2, 0.25) is 0 Å². The molecule has 1 unspecified atom stereocenters. The largest absolute Gasteiger partial charge is 0.477 e. The summed E-state index contributed by atoms with van der Waals surface area (Å²) in [4.78, 5) is 16.0. The number of hydrogen-bond donors (Lipinski definition) is 1. The molecule has 0 aliphatic heterocycles. The monoisotopic (exact) mass is 270 g/mol. The molecule has 0 radical (unpaired) electrons. The van der Waals surface area contributed by atoms with Crippen LogP contribution in [0.4, 0.5) is 0 Å². The molecule has 102 valence electrons. The first-order valence-corrected chi connectivity index (χ1v) is 7.02. The second-order valence-corrected chi connectivity index (χ2v) is 5.67. The van der Waals surface area contributed by atoms with E-state index in [1.54, 1.807) is 0 Å². The second kappa shape index (κ2) is 6.87. The summed E-state index contributed by atoms with van der Waals surface area (Å²) in [5.41, 5.74) is 0.917. The van der Waals surface area contributed by atoms with Crippen LogP contribution in [-0.4, -0.2) is 54.1 Å². The fourth-order valence-corrected chi connectivity index (χ4v) is 2.84. The lowest BCUT2D eigenvalue weighted by atomic mass is 10.2. The van der Waals surface area contributed by atoms with Gasteiger partial charge in [0, 0.05) is 19.1 Å². The first-order chi connectivity index (χ1) is 8.45. The van der Waals surface area contributed by atoms with Gasteiger partial charge >= 0.3 is 5.97 Å². The number of rotatable bonds is 7. The van der Waals surface area contributed by atoms with Gasteiger partial charge in [0.25, 0.3) is 0 Å². The number of thiophene rings is 1. The second-order valence-electron chi connectivity index (χ2n) is 4.75. The smallest absolute Gasteiger partial charge is 0.346 e. The summed E-state index contributed by atoms with van der Waals surface area (Å²) in [5, 5.41) is 11.0. The maximum atomic E-state index is 11.1. The molecule has 0 aliphatic carbocycles. The molecule has 0 aliphatic rings. The zero-order chi connectivity index (χ0) is 13.7. The van der Waals surface area contributed by atoms with E-state index in [1.165, 1.54) is 11.3 Å². The summed E-state index contributed by atoms with van der Waals surface area (Å²) in [6.45, 7) is 6.89. The minimum atomic E-state index is -0.823. The molecule has 1 atom stereocenters. The Labute approximate surface area is 113 Å². The van der Waals surface area contributed by atoms with E-state index in [0.717, 1.165) is 18.7 Å². The van der Waals surface area contributed by atoms with Crippen LogP contribution in [0.25, 0.3) is 0 Å². The first kappa shape index (κ1) is 15.1. The highest BCUT2D eigenvalue weighted by atomic mass is 32.1. The number of nitrogens with zero attached hydrogens (tertiary/aromatic N) is 2. The molecular formula is C13H22N2O2S. The summed E-state index contributed by atoms with van der Waals surface area (Å²) in [5.74, 6) is -0.823. The topological polar surface area (TPSA) is 43.8 Å². The molecule has 0 saturated heterocycles. The van der Waals surface area contributed by atoms with Crippen molar-refractivity contribution in [1.29, 1.82) is 0 Å². The van der Waals surface area contributed by atoms with Crippen LogP contribution in [0, 0.1) is 0 Å². The third-order valence-electron chi connectivity index (χ3n) is 2.97. The highest BCUT2D eigenvalue weighted by Gasteiger charge is 2.18. The van der Waals surface area contributed by atoms with Gasteiger partial charge in [-0.15, -0.1) is 11.3 Å². The molecule has 1 aromatic rings. The van der Waals surface area contributed by atoms with Crippen molar-refractivity contribution in [3.63, 3.8) is 0 Å². The van der Waals surface area contributed by atoms with E-state index in [1.807, 2.05) is 11.4 Å². The third kappa shape index (κ3) is 4.08. The van der Waals surface area contributed by atoms with E-state index in [9.17, 15) is 4.79 Å². The van der Waals surface area contributed by atoms with Crippen LogP contribution in [0.1, 0.15) is 29.1 Å². The molecule has 0 saturated carbocycles. The Morgan fingerprint density at radius 3 is 2.67 bits per heavy atom. The zero-order valence-electron chi connectivity index (χ0n) is 11.5. The Kier molecular flexibility index (Phi) is 5.78. The van der Waals surface area contributed by atoms with Crippen LogP contribution < -0.4 is 0 Å². The normalized spacial score (nSPS) is 13.2. The van der Waals surface area contributed by atoms with Crippen molar-refractivity contribution in [1.82, 2.24) is 9.80 Å². The molecule has 1 heterocycles. The fourth-order valence-electron chi connectivity index (χ4n) is 2.09. The van der Waals surface area contributed by atoms with E-state index in [-0.39, 0.29) is 0 Å². The van der Waals surface area contributed by atoms with E-state index in [0.29, 0.717) is 17.5 Å². The number of carbonyl (C=O) groups is 1. The average molecular weight is 270 g/mol. The van der Waals surface area contributed by atoms with Gasteiger partial charge in [-0.2, -0.15) is 0 Å². The Morgan fingerprint density at radius 2 is 2.17 bits per heavy atom. The SMILES string of the molecule is CCN(Cc1ccsc1C(=O)O)C(C)CN(C)C. The van der Waals surface area contributed by atoms with Crippen LogP contribution in [0.5, 0.6) is 0 Å². The van der Waals surface area contributed by atoms with Crippen LogP contribution in [-0.2, 0) is 6.54 Å². The zero-order valence-corrected chi connectivity index (χ0v) is 12.3. The summed E-state index contributed by atoms with van der Waals surface area (Å²) >= 11 is 1.30. The molecule has 0 spiro atoms. The molecule has 1 N–H and O–H groups in total. The molecule has 0 aromatic carbocycles. The number of carboxylic acids is 1. The highest BCUT2D eigenvalue weighted by Crippen LogP contribution is 2.19. The standard InChI is InChI=1S/C13H22N2O2S/c1-5-15(10(2)8-14(3)4)9-11-6-7-18-12(11)13(16)17/h6-7,10H,5,8-9H2,1-4H3,(H,16,17). The van der Waals surface area contributed by atoms with Crippen molar-refractivity contribution in [3.8, 4) is 0 Å². The van der Waals surface area contributed by atoms with E-state index < -0.39 is 5.97 Å². The Morgan fingerprint density at radius 1 is 1.50 bits per heavy atom. The van der Waals surface area contributed by atoms with Gasteiger partial charge in [0.15, 0.2) is 0 Å². The molecule has 0 bridgehead atoms. The minimum Gasteiger partial charge on any atom is -0.477 e. The van der Waals surface area contributed by atoms with Gasteiger partial charge in [-0.1, -0.05) is 6.92 Å². The number of carboxylic acid groups (broad SMARTS) is 1. The summed E-state index contributed by atoms with van der Waals surface area (Å²) in [6.07, 6.45) is 0. The molecule has 0 amide bonds. The highest BCUT2D eigenvalue weighted by molar-refractivity contribution is 7.12. The number of likely N-dealkylation sites (N-methyl/N-ethyl adjacent to an activating group) is 2. The van der Waals surface area contributed by atoms with E-state index >= 15 is 0 Å². The summed E-state index contributed by atoms with van der Waals surface area (Å²) in [6, 6.07) is 2.32. The Bertz CT molecular complexity index is 390. The predicted molar refractivity (Wildman–Crippen MR) is 75.4 cm³/mol. The van der Waals surface area contributed by atoms with Crippen molar-refractivity contribution >= 4 is 17.3 Å².